The Labute approximate surface area is 117 Å². The van der Waals surface area contributed by atoms with Crippen LogP contribution in [0.2, 0.25) is 0 Å². The van der Waals surface area contributed by atoms with Gasteiger partial charge in [0.2, 0.25) is 0 Å². The molecule has 1 heterocycles. The molecule has 0 saturated carbocycles. The average molecular weight is 320 g/mol. The quantitative estimate of drug-likeness (QED) is 0.796. The minimum Gasteiger partial charge on any atom is -0.383 e. The topological polar surface area (TPSA) is 48.3 Å². The van der Waals surface area contributed by atoms with Crippen LogP contribution in [-0.2, 0) is 16.0 Å². The summed E-state index contributed by atoms with van der Waals surface area (Å²) in [5.41, 5.74) is 1.10. The molecule has 0 aliphatic carbocycles. The summed E-state index contributed by atoms with van der Waals surface area (Å²) in [7, 11) is 3.41. The van der Waals surface area contributed by atoms with Gasteiger partial charge in [0.05, 0.1) is 41.7 Å². The molecule has 0 amide bonds. The number of methoxy groups -OCH3 is 2. The fourth-order valence-corrected chi connectivity index (χ4v) is 2.42. The highest BCUT2D eigenvalue weighted by Crippen LogP contribution is 2.26. The number of ether oxygens (including phenoxy) is 2. The van der Waals surface area contributed by atoms with E-state index in [1.165, 1.54) is 0 Å². The summed E-state index contributed by atoms with van der Waals surface area (Å²) in [4.78, 5) is 0. The van der Waals surface area contributed by atoms with Gasteiger partial charge < -0.3 is 14.8 Å². The Kier molecular flexibility index (Phi) is 6.85. The summed E-state index contributed by atoms with van der Waals surface area (Å²) in [6.45, 7) is 6.38. The third kappa shape index (κ3) is 3.78. The Morgan fingerprint density at radius 3 is 2.78 bits per heavy atom. The lowest BCUT2D eigenvalue weighted by atomic mass is 10.1. The van der Waals surface area contributed by atoms with Crippen LogP contribution < -0.4 is 5.32 Å². The summed E-state index contributed by atoms with van der Waals surface area (Å²) in [5, 5.41) is 7.80. The lowest BCUT2D eigenvalue weighted by Crippen LogP contribution is -2.33. The van der Waals surface area contributed by atoms with Crippen LogP contribution in [-0.4, -0.2) is 43.3 Å². The highest BCUT2D eigenvalue weighted by Gasteiger charge is 2.24. The van der Waals surface area contributed by atoms with E-state index in [-0.39, 0.29) is 12.1 Å². The van der Waals surface area contributed by atoms with Crippen LogP contribution in [0, 0.1) is 0 Å². The minimum absolute atomic E-state index is 0.0687. The second kappa shape index (κ2) is 7.89. The van der Waals surface area contributed by atoms with Crippen molar-refractivity contribution in [3.8, 4) is 0 Å². The molecule has 6 heteroatoms. The summed E-state index contributed by atoms with van der Waals surface area (Å²) in [6.07, 6.45) is 1.89. The Bertz CT molecular complexity index is 357. The molecule has 1 rings (SSSR count). The zero-order chi connectivity index (χ0) is 13.5. The van der Waals surface area contributed by atoms with E-state index < -0.39 is 0 Å². The van der Waals surface area contributed by atoms with Crippen LogP contribution >= 0.6 is 15.9 Å². The third-order valence-electron chi connectivity index (χ3n) is 2.90. The number of nitrogens with zero attached hydrogens (tertiary/aromatic N) is 2. The molecule has 1 aromatic rings. The van der Waals surface area contributed by atoms with Crippen molar-refractivity contribution < 1.29 is 9.47 Å². The van der Waals surface area contributed by atoms with Gasteiger partial charge in [-0.25, -0.2) is 0 Å². The maximum absolute atomic E-state index is 5.45. The van der Waals surface area contributed by atoms with Crippen molar-refractivity contribution in [2.75, 3.05) is 27.4 Å². The Hall–Kier alpha value is -0.430. The van der Waals surface area contributed by atoms with E-state index in [2.05, 4.69) is 33.3 Å². The van der Waals surface area contributed by atoms with Crippen molar-refractivity contribution in [2.45, 2.75) is 32.5 Å². The molecule has 0 radical (unpaired) electrons. The maximum Gasteiger partial charge on any atom is 0.0766 e. The average Bonchev–Trinajstić information content (AvgIpc) is 2.74. The molecule has 0 spiro atoms. The molecule has 0 aliphatic heterocycles. The molecule has 1 N–H and O–H groups in total. The predicted molar refractivity (Wildman–Crippen MR) is 74.7 cm³/mol. The SMILES string of the molecule is CCNC(c1c(Br)cnn1CCOC)C(C)OC. The summed E-state index contributed by atoms with van der Waals surface area (Å²) in [6, 6.07) is 0.105. The van der Waals surface area contributed by atoms with E-state index in [0.29, 0.717) is 6.61 Å². The Balaban J connectivity index is 2.97. The molecule has 0 aromatic carbocycles. The van der Waals surface area contributed by atoms with Crippen molar-refractivity contribution in [1.82, 2.24) is 15.1 Å². The second-order valence-corrected chi connectivity index (χ2v) is 4.92. The van der Waals surface area contributed by atoms with E-state index >= 15 is 0 Å². The monoisotopic (exact) mass is 319 g/mol. The van der Waals surface area contributed by atoms with Gasteiger partial charge in [-0.1, -0.05) is 6.92 Å². The largest absolute Gasteiger partial charge is 0.383 e. The molecule has 2 atom stereocenters. The first-order chi connectivity index (χ1) is 8.65. The Morgan fingerprint density at radius 2 is 2.22 bits per heavy atom. The number of aromatic nitrogens is 2. The van der Waals surface area contributed by atoms with Gasteiger partial charge in [-0.05, 0) is 29.4 Å². The highest BCUT2D eigenvalue weighted by atomic mass is 79.9. The van der Waals surface area contributed by atoms with Crippen molar-refractivity contribution in [3.63, 3.8) is 0 Å². The molecule has 18 heavy (non-hydrogen) atoms. The minimum atomic E-state index is 0.0687. The van der Waals surface area contributed by atoms with Gasteiger partial charge in [0.1, 0.15) is 0 Å². The van der Waals surface area contributed by atoms with E-state index in [9.17, 15) is 0 Å². The standard InChI is InChI=1S/C12H22BrN3O2/c1-5-14-11(9(2)18-4)12-10(13)8-15-16(12)6-7-17-3/h8-9,11,14H,5-7H2,1-4H3. The van der Waals surface area contributed by atoms with Crippen molar-refractivity contribution in [1.29, 1.82) is 0 Å². The molecule has 0 bridgehead atoms. The fourth-order valence-electron chi connectivity index (χ4n) is 1.88. The smallest absolute Gasteiger partial charge is 0.0766 e. The van der Waals surface area contributed by atoms with Crippen LogP contribution in [0.5, 0.6) is 0 Å². The molecule has 0 aliphatic rings. The zero-order valence-corrected chi connectivity index (χ0v) is 13.0. The van der Waals surface area contributed by atoms with Crippen molar-refractivity contribution in [3.05, 3.63) is 16.4 Å². The van der Waals surface area contributed by atoms with Crippen LogP contribution in [0.1, 0.15) is 25.6 Å². The number of hydrogen-bond acceptors (Lipinski definition) is 4. The summed E-state index contributed by atoms with van der Waals surface area (Å²) in [5.74, 6) is 0. The maximum atomic E-state index is 5.45. The first-order valence-corrected chi connectivity index (χ1v) is 6.91. The normalized spacial score (nSPS) is 14.7. The van der Waals surface area contributed by atoms with Crippen LogP contribution in [0.25, 0.3) is 0 Å². The molecule has 104 valence electrons. The van der Waals surface area contributed by atoms with Gasteiger partial charge in [-0.15, -0.1) is 0 Å². The molecule has 0 fully saturated rings. The van der Waals surface area contributed by atoms with Crippen LogP contribution in [0.15, 0.2) is 10.7 Å². The number of hydrogen-bond donors (Lipinski definition) is 1. The summed E-state index contributed by atoms with van der Waals surface area (Å²) >= 11 is 3.56. The van der Waals surface area contributed by atoms with Gasteiger partial charge in [-0.3, -0.25) is 4.68 Å². The molecule has 0 saturated heterocycles. The molecule has 5 nitrogen and oxygen atoms in total. The second-order valence-electron chi connectivity index (χ2n) is 4.07. The van der Waals surface area contributed by atoms with Gasteiger partial charge in [0, 0.05) is 14.2 Å². The fraction of sp³-hybridized carbons (Fsp3) is 0.750. The number of likely N-dealkylation sites (N-methyl/N-ethyl adjacent to an activating group) is 1. The lowest BCUT2D eigenvalue weighted by Gasteiger charge is -2.25. The van der Waals surface area contributed by atoms with Gasteiger partial charge in [-0.2, -0.15) is 5.10 Å². The number of halogens is 1. The van der Waals surface area contributed by atoms with Gasteiger partial charge >= 0.3 is 0 Å². The Morgan fingerprint density at radius 1 is 1.50 bits per heavy atom. The number of nitrogens with one attached hydrogen (secondary N) is 1. The first kappa shape index (κ1) is 15.6. The molecule has 2 unspecified atom stereocenters. The highest BCUT2D eigenvalue weighted by molar-refractivity contribution is 9.10. The van der Waals surface area contributed by atoms with E-state index in [1.54, 1.807) is 14.2 Å². The van der Waals surface area contributed by atoms with Crippen LogP contribution in [0.3, 0.4) is 0 Å². The van der Waals surface area contributed by atoms with Crippen molar-refractivity contribution >= 4 is 15.9 Å². The van der Waals surface area contributed by atoms with Gasteiger partial charge in [0.15, 0.2) is 0 Å². The predicted octanol–water partition coefficient (Wildman–Crippen LogP) is 1.98. The van der Waals surface area contributed by atoms with E-state index in [0.717, 1.165) is 23.3 Å². The lowest BCUT2D eigenvalue weighted by molar-refractivity contribution is 0.0793. The number of rotatable bonds is 8. The van der Waals surface area contributed by atoms with E-state index in [1.807, 2.05) is 17.8 Å². The van der Waals surface area contributed by atoms with Crippen molar-refractivity contribution in [2.24, 2.45) is 0 Å². The molecular weight excluding hydrogens is 298 g/mol. The third-order valence-corrected chi connectivity index (χ3v) is 3.51. The first-order valence-electron chi connectivity index (χ1n) is 6.12. The molecular formula is C12H22BrN3O2. The van der Waals surface area contributed by atoms with Gasteiger partial charge in [0.25, 0.3) is 0 Å². The van der Waals surface area contributed by atoms with Crippen LogP contribution in [0.4, 0.5) is 0 Å². The summed E-state index contributed by atoms with van der Waals surface area (Å²) < 4.78 is 13.5. The van der Waals surface area contributed by atoms with E-state index in [4.69, 9.17) is 9.47 Å². The zero-order valence-electron chi connectivity index (χ0n) is 11.4. The molecule has 1 aromatic heterocycles.